The Bertz CT molecular complexity index is 1500. The summed E-state index contributed by atoms with van der Waals surface area (Å²) < 4.78 is 28.5. The molecule has 47 heavy (non-hydrogen) atoms. The predicted molar refractivity (Wildman–Crippen MR) is 173 cm³/mol. The molecule has 1 aliphatic rings. The summed E-state index contributed by atoms with van der Waals surface area (Å²) in [6.45, 7) is 7.46. The Kier molecular flexibility index (Phi) is 12.1. The highest BCUT2D eigenvalue weighted by Gasteiger charge is 2.53. The van der Waals surface area contributed by atoms with E-state index in [2.05, 4.69) is 0 Å². The number of esters is 2. The van der Waals surface area contributed by atoms with Crippen molar-refractivity contribution < 1.29 is 42.9 Å². The standard InChI is InChI=1S/C37H43NO9/c1-25-20-37(35(41)43-5,47-34(27(25)3)26(2)23-44-28(4)39)46-32-18-16-31(17-19-32)33(40)22-38(21-29-12-8-6-9-13-29)36(42)45-24-30-14-10-7-11-15-30/h6-19,25-27,34H,20-24H2,1-5H3/t25-,26-,27-,34?,37-/m1/s1. The van der Waals surface area contributed by atoms with E-state index in [1.807, 2.05) is 81.4 Å². The first-order valence-electron chi connectivity index (χ1n) is 15.7. The second kappa shape index (κ2) is 16.2. The van der Waals surface area contributed by atoms with Crippen LogP contribution in [-0.2, 0) is 41.7 Å². The molecule has 1 saturated heterocycles. The molecule has 4 rings (SSSR count). The number of ketones is 1. The number of hydrogen-bond acceptors (Lipinski definition) is 9. The van der Waals surface area contributed by atoms with Gasteiger partial charge in [0, 0.05) is 31.4 Å². The number of Topliss-reactive ketones (excluding diaryl/α,β-unsaturated/α-hetero) is 1. The van der Waals surface area contributed by atoms with Crippen LogP contribution in [0.3, 0.4) is 0 Å². The van der Waals surface area contributed by atoms with Gasteiger partial charge in [-0.1, -0.05) is 81.4 Å². The van der Waals surface area contributed by atoms with Crippen LogP contribution in [0.4, 0.5) is 4.79 Å². The number of nitrogens with zero attached hydrogens (tertiary/aromatic N) is 1. The van der Waals surface area contributed by atoms with Crippen molar-refractivity contribution in [2.45, 2.75) is 59.2 Å². The Labute approximate surface area is 275 Å². The number of carbonyl (C=O) groups is 4. The van der Waals surface area contributed by atoms with Crippen LogP contribution in [-0.4, -0.2) is 60.9 Å². The molecule has 0 radical (unpaired) electrons. The molecule has 1 fully saturated rings. The van der Waals surface area contributed by atoms with E-state index in [0.717, 1.165) is 11.1 Å². The average molecular weight is 646 g/mol. The Morgan fingerprint density at radius 2 is 1.51 bits per heavy atom. The summed E-state index contributed by atoms with van der Waals surface area (Å²) >= 11 is 0. The van der Waals surface area contributed by atoms with Gasteiger partial charge in [-0.05, 0) is 47.2 Å². The van der Waals surface area contributed by atoms with Crippen molar-refractivity contribution in [2.24, 2.45) is 17.8 Å². The maximum atomic E-state index is 13.4. The van der Waals surface area contributed by atoms with Gasteiger partial charge in [0.1, 0.15) is 12.4 Å². The van der Waals surface area contributed by atoms with Crippen molar-refractivity contribution in [3.8, 4) is 5.75 Å². The fourth-order valence-electron chi connectivity index (χ4n) is 5.64. The highest BCUT2D eigenvalue weighted by molar-refractivity contribution is 5.99. The molecule has 250 valence electrons. The molecule has 0 aromatic heterocycles. The average Bonchev–Trinajstić information content (AvgIpc) is 3.08. The highest BCUT2D eigenvalue weighted by Crippen LogP contribution is 2.41. The zero-order chi connectivity index (χ0) is 34.0. The van der Waals surface area contributed by atoms with Crippen LogP contribution in [0, 0.1) is 17.8 Å². The van der Waals surface area contributed by atoms with Crippen LogP contribution in [0.15, 0.2) is 84.9 Å². The third-order valence-corrected chi connectivity index (χ3v) is 8.41. The van der Waals surface area contributed by atoms with Crippen molar-refractivity contribution >= 4 is 23.8 Å². The Morgan fingerprint density at radius 1 is 0.894 bits per heavy atom. The van der Waals surface area contributed by atoms with Gasteiger partial charge in [-0.25, -0.2) is 9.59 Å². The van der Waals surface area contributed by atoms with Crippen molar-refractivity contribution in [3.05, 3.63) is 102 Å². The predicted octanol–water partition coefficient (Wildman–Crippen LogP) is 6.22. The van der Waals surface area contributed by atoms with Crippen LogP contribution in [0.5, 0.6) is 5.75 Å². The van der Waals surface area contributed by atoms with E-state index >= 15 is 0 Å². The molecule has 1 unspecified atom stereocenters. The van der Waals surface area contributed by atoms with E-state index in [9.17, 15) is 19.2 Å². The maximum absolute atomic E-state index is 13.4. The van der Waals surface area contributed by atoms with Crippen molar-refractivity contribution in [2.75, 3.05) is 20.3 Å². The van der Waals surface area contributed by atoms with Crippen LogP contribution in [0.1, 0.15) is 55.6 Å². The number of ether oxygens (including phenoxy) is 5. The fourth-order valence-corrected chi connectivity index (χ4v) is 5.64. The summed E-state index contributed by atoms with van der Waals surface area (Å²) in [4.78, 5) is 52.5. The van der Waals surface area contributed by atoms with E-state index in [4.69, 9.17) is 23.7 Å². The van der Waals surface area contributed by atoms with E-state index < -0.39 is 29.9 Å². The van der Waals surface area contributed by atoms with Gasteiger partial charge in [-0.15, -0.1) is 0 Å². The van der Waals surface area contributed by atoms with Gasteiger partial charge in [0.2, 0.25) is 0 Å². The second-order valence-electron chi connectivity index (χ2n) is 12.1. The lowest BCUT2D eigenvalue weighted by atomic mass is 9.78. The fraction of sp³-hybridized carbons (Fsp3) is 0.405. The molecule has 3 aromatic carbocycles. The van der Waals surface area contributed by atoms with Crippen molar-refractivity contribution in [1.82, 2.24) is 4.90 Å². The monoisotopic (exact) mass is 645 g/mol. The Balaban J connectivity index is 1.48. The van der Waals surface area contributed by atoms with Gasteiger partial charge < -0.3 is 23.7 Å². The second-order valence-corrected chi connectivity index (χ2v) is 12.1. The van der Waals surface area contributed by atoms with Gasteiger partial charge in [-0.2, -0.15) is 0 Å². The number of methoxy groups -OCH3 is 1. The minimum absolute atomic E-state index is 0.00530. The van der Waals surface area contributed by atoms with Crippen LogP contribution in [0.2, 0.25) is 0 Å². The number of rotatable bonds is 13. The van der Waals surface area contributed by atoms with Gasteiger partial charge in [-0.3, -0.25) is 14.5 Å². The van der Waals surface area contributed by atoms with E-state index in [-0.39, 0.29) is 56.3 Å². The zero-order valence-electron chi connectivity index (χ0n) is 27.5. The molecule has 10 nitrogen and oxygen atoms in total. The molecule has 1 aliphatic heterocycles. The normalized spacial score (nSPS) is 21.2. The molecule has 10 heteroatoms. The number of hydrogen-bond donors (Lipinski definition) is 0. The summed E-state index contributed by atoms with van der Waals surface area (Å²) in [7, 11) is 1.27. The smallest absolute Gasteiger partial charge is 0.410 e. The first-order chi connectivity index (χ1) is 22.5. The summed E-state index contributed by atoms with van der Waals surface area (Å²) in [5.41, 5.74) is 2.03. The SMILES string of the molecule is COC(=O)[C@@]1(Oc2ccc(C(=O)CN(Cc3ccccc3)C(=O)OCc3ccccc3)cc2)C[C@@H](C)[C@@H](C)C([C@H](C)COC(C)=O)O1. The molecule has 0 saturated carbocycles. The number of amides is 1. The molecular weight excluding hydrogens is 602 g/mol. The molecule has 0 bridgehead atoms. The van der Waals surface area contributed by atoms with E-state index in [0.29, 0.717) is 11.3 Å². The molecule has 0 N–H and O–H groups in total. The van der Waals surface area contributed by atoms with Gasteiger partial charge in [0.15, 0.2) is 5.78 Å². The number of benzene rings is 3. The lowest BCUT2D eigenvalue weighted by molar-refractivity contribution is -0.274. The lowest BCUT2D eigenvalue weighted by Gasteiger charge is -2.46. The van der Waals surface area contributed by atoms with Gasteiger partial charge in [0.25, 0.3) is 0 Å². The quantitative estimate of drug-likeness (QED) is 0.121. The minimum atomic E-state index is -1.74. The first kappa shape index (κ1) is 35.2. The maximum Gasteiger partial charge on any atom is 0.410 e. The van der Waals surface area contributed by atoms with Crippen molar-refractivity contribution in [1.29, 1.82) is 0 Å². The van der Waals surface area contributed by atoms with Crippen LogP contribution >= 0.6 is 0 Å². The third kappa shape index (κ3) is 9.42. The molecule has 1 heterocycles. The van der Waals surface area contributed by atoms with E-state index in [1.54, 1.807) is 24.3 Å². The van der Waals surface area contributed by atoms with Crippen LogP contribution in [0.25, 0.3) is 0 Å². The molecule has 3 aromatic rings. The topological polar surface area (TPSA) is 118 Å². The van der Waals surface area contributed by atoms with Crippen LogP contribution < -0.4 is 4.74 Å². The molecule has 1 amide bonds. The van der Waals surface area contributed by atoms with Crippen molar-refractivity contribution in [3.63, 3.8) is 0 Å². The Hall–Kier alpha value is -4.70. The minimum Gasteiger partial charge on any atom is -0.465 e. The summed E-state index contributed by atoms with van der Waals surface area (Å²) in [6, 6.07) is 25.0. The molecular formula is C37H43NO9. The largest absolute Gasteiger partial charge is 0.465 e. The summed E-state index contributed by atoms with van der Waals surface area (Å²) in [6.07, 6.45) is -0.839. The van der Waals surface area contributed by atoms with Gasteiger partial charge in [0.05, 0.1) is 26.4 Å². The Morgan fingerprint density at radius 3 is 2.11 bits per heavy atom. The summed E-state index contributed by atoms with van der Waals surface area (Å²) in [5, 5.41) is 0. The van der Waals surface area contributed by atoms with Gasteiger partial charge >= 0.3 is 23.8 Å². The third-order valence-electron chi connectivity index (χ3n) is 8.41. The lowest BCUT2D eigenvalue weighted by Crippen LogP contribution is -2.58. The first-order valence-corrected chi connectivity index (χ1v) is 15.7. The molecule has 0 spiro atoms. The van der Waals surface area contributed by atoms with E-state index in [1.165, 1.54) is 18.9 Å². The number of carbonyl (C=O) groups excluding carboxylic acids is 4. The zero-order valence-corrected chi connectivity index (χ0v) is 27.5. The highest BCUT2D eigenvalue weighted by atomic mass is 16.7. The summed E-state index contributed by atoms with van der Waals surface area (Å²) in [5.74, 6) is -3.01. The molecule has 0 aliphatic carbocycles. The molecule has 5 atom stereocenters.